The fraction of sp³-hybridized carbons (Fsp3) is 0.355. The first-order valence-corrected chi connectivity index (χ1v) is 13.9. The van der Waals surface area contributed by atoms with Crippen molar-refractivity contribution in [3.05, 3.63) is 73.6 Å². The minimum atomic E-state index is -0.0699. The number of anilines is 1. The maximum absolute atomic E-state index is 12.2. The van der Waals surface area contributed by atoms with E-state index in [4.69, 9.17) is 15.6 Å². The number of piperidine rings is 1. The minimum Gasteiger partial charge on any atom is -0.457 e. The van der Waals surface area contributed by atoms with E-state index in [1.165, 1.54) is 12.4 Å². The highest BCUT2D eigenvalue weighted by atomic mass is 16.5. The van der Waals surface area contributed by atoms with Crippen LogP contribution < -0.4 is 10.5 Å². The van der Waals surface area contributed by atoms with Gasteiger partial charge in [-0.05, 0) is 55.3 Å². The number of aromatic nitrogens is 4. The Morgan fingerprint density at radius 2 is 1.62 bits per heavy atom. The molecular formula is C31H42N6O2. The molecule has 2 N–H and O–H groups in total. The van der Waals surface area contributed by atoms with Gasteiger partial charge in [-0.3, -0.25) is 4.79 Å². The summed E-state index contributed by atoms with van der Waals surface area (Å²) in [5, 5.41) is 5.62. The number of para-hydroxylation sites is 1. The van der Waals surface area contributed by atoms with E-state index in [1.54, 1.807) is 4.90 Å². The summed E-state index contributed by atoms with van der Waals surface area (Å²) in [7, 11) is 0. The van der Waals surface area contributed by atoms with Gasteiger partial charge in [-0.25, -0.2) is 14.6 Å². The highest BCUT2D eigenvalue weighted by Gasteiger charge is 2.28. The third kappa shape index (κ3) is 7.44. The van der Waals surface area contributed by atoms with Crippen LogP contribution >= 0.6 is 0 Å². The summed E-state index contributed by atoms with van der Waals surface area (Å²) in [6.07, 6.45) is 4.58. The van der Waals surface area contributed by atoms with E-state index >= 15 is 0 Å². The third-order valence-corrected chi connectivity index (χ3v) is 5.85. The lowest BCUT2D eigenvalue weighted by molar-refractivity contribution is -0.127. The van der Waals surface area contributed by atoms with E-state index in [0.717, 1.165) is 29.9 Å². The molecule has 0 saturated carbocycles. The van der Waals surface area contributed by atoms with Crippen LogP contribution in [0.4, 0.5) is 5.82 Å². The van der Waals surface area contributed by atoms with Crippen molar-refractivity contribution in [1.29, 1.82) is 0 Å². The normalized spacial score (nSPS) is 14.0. The van der Waals surface area contributed by atoms with Crippen molar-refractivity contribution in [1.82, 2.24) is 24.6 Å². The number of amides is 1. The molecule has 8 heteroatoms. The lowest BCUT2D eigenvalue weighted by Crippen LogP contribution is -2.40. The number of fused-ring (bicyclic) bond motifs is 1. The summed E-state index contributed by atoms with van der Waals surface area (Å²) in [4.78, 5) is 22.7. The standard InChI is InChI=1S/C25H24N6O2.3C2H6/c1-2-21(32)30-14-6-7-18(15-30)31-25-22(24(26)27-16-28-25)23(29-31)17-10-12-20(13-11-17)33-19-8-4-3-5-9-19;3*1-2/h2-5,8-13,16,18H,1,6-7,14-15H2,(H2,26,27,28);3*1-2H3/t18-;;;/m1.../s1. The molecule has 2 aromatic carbocycles. The van der Waals surface area contributed by atoms with Gasteiger partial charge in [0.2, 0.25) is 5.91 Å². The fourth-order valence-corrected chi connectivity index (χ4v) is 4.24. The largest absolute Gasteiger partial charge is 0.457 e. The number of hydrogen-bond donors (Lipinski definition) is 1. The number of nitrogens with two attached hydrogens (primary N) is 1. The van der Waals surface area contributed by atoms with Gasteiger partial charge in [0.15, 0.2) is 5.65 Å². The van der Waals surface area contributed by atoms with Gasteiger partial charge in [0, 0.05) is 18.7 Å². The Balaban J connectivity index is 0.000000833. The molecule has 0 unspecified atom stereocenters. The molecule has 5 rings (SSSR count). The third-order valence-electron chi connectivity index (χ3n) is 5.85. The number of benzene rings is 2. The summed E-state index contributed by atoms with van der Waals surface area (Å²) < 4.78 is 7.79. The zero-order valence-corrected chi connectivity index (χ0v) is 24.1. The number of hydrogen-bond acceptors (Lipinski definition) is 6. The van der Waals surface area contributed by atoms with Crippen molar-refractivity contribution in [3.8, 4) is 22.8 Å². The van der Waals surface area contributed by atoms with Crippen molar-refractivity contribution in [2.45, 2.75) is 60.4 Å². The number of rotatable bonds is 5. The predicted octanol–water partition coefficient (Wildman–Crippen LogP) is 7.30. The smallest absolute Gasteiger partial charge is 0.246 e. The summed E-state index contributed by atoms with van der Waals surface area (Å²) >= 11 is 0. The van der Waals surface area contributed by atoms with Crippen LogP contribution in [0.3, 0.4) is 0 Å². The SMILES string of the molecule is C=CC(=O)N1CCC[C@@H](n2nc(-c3ccc(Oc4ccccc4)cc3)c3c(N)ncnc32)C1.CC.CC.CC. The number of nitrogen functional groups attached to an aromatic ring is 1. The predicted molar refractivity (Wildman–Crippen MR) is 161 cm³/mol. The molecule has 1 aliphatic rings. The van der Waals surface area contributed by atoms with Crippen molar-refractivity contribution in [3.63, 3.8) is 0 Å². The van der Waals surface area contributed by atoms with Crippen molar-refractivity contribution in [2.24, 2.45) is 0 Å². The van der Waals surface area contributed by atoms with E-state index in [1.807, 2.05) is 101 Å². The Morgan fingerprint density at radius 1 is 0.974 bits per heavy atom. The number of likely N-dealkylation sites (tertiary alicyclic amines) is 1. The number of nitrogens with zero attached hydrogens (tertiary/aromatic N) is 5. The van der Waals surface area contributed by atoms with Crippen LogP contribution in [-0.2, 0) is 4.79 Å². The molecule has 1 atom stereocenters. The van der Waals surface area contributed by atoms with Crippen LogP contribution in [0, 0.1) is 0 Å². The molecule has 0 aliphatic carbocycles. The number of ether oxygens (including phenoxy) is 1. The van der Waals surface area contributed by atoms with Crippen molar-refractivity contribution in [2.75, 3.05) is 18.8 Å². The molecule has 4 aromatic rings. The molecule has 0 spiro atoms. The molecule has 3 heterocycles. The molecule has 1 saturated heterocycles. The lowest BCUT2D eigenvalue weighted by Gasteiger charge is -2.32. The lowest BCUT2D eigenvalue weighted by atomic mass is 10.1. The monoisotopic (exact) mass is 530 g/mol. The Bertz CT molecular complexity index is 1300. The Kier molecular flexibility index (Phi) is 12.7. The Hall–Kier alpha value is -4.20. The van der Waals surface area contributed by atoms with Crippen LogP contribution in [0.5, 0.6) is 11.5 Å². The van der Waals surface area contributed by atoms with Gasteiger partial charge < -0.3 is 15.4 Å². The average molecular weight is 531 g/mol. The molecule has 8 nitrogen and oxygen atoms in total. The van der Waals surface area contributed by atoms with Crippen LogP contribution in [0.15, 0.2) is 73.6 Å². The number of carbonyl (C=O) groups is 1. The molecule has 39 heavy (non-hydrogen) atoms. The first-order chi connectivity index (χ1) is 19.1. The maximum Gasteiger partial charge on any atom is 0.246 e. The molecule has 0 radical (unpaired) electrons. The molecule has 1 aliphatic heterocycles. The summed E-state index contributed by atoms with van der Waals surface area (Å²) in [6.45, 7) is 16.9. The minimum absolute atomic E-state index is 0.00566. The fourth-order valence-electron chi connectivity index (χ4n) is 4.24. The van der Waals surface area contributed by atoms with Crippen LogP contribution in [-0.4, -0.2) is 43.6 Å². The summed E-state index contributed by atoms with van der Waals surface area (Å²) in [5.74, 6) is 1.80. The zero-order chi connectivity index (χ0) is 28.8. The molecule has 1 amide bonds. The molecule has 208 valence electrons. The van der Waals surface area contributed by atoms with Gasteiger partial charge in [-0.1, -0.05) is 66.3 Å². The van der Waals surface area contributed by atoms with Crippen LogP contribution in [0.1, 0.15) is 60.4 Å². The highest BCUT2D eigenvalue weighted by Crippen LogP contribution is 2.34. The summed E-state index contributed by atoms with van der Waals surface area (Å²) in [5.41, 5.74) is 8.52. The van der Waals surface area contributed by atoms with Crippen LogP contribution in [0.2, 0.25) is 0 Å². The van der Waals surface area contributed by atoms with Gasteiger partial charge in [0.1, 0.15) is 29.3 Å². The molecule has 1 fully saturated rings. The van der Waals surface area contributed by atoms with Gasteiger partial charge in [0.05, 0.1) is 11.4 Å². The topological polar surface area (TPSA) is 99.2 Å². The Labute approximate surface area is 232 Å². The molecule has 0 bridgehead atoms. The number of carbonyl (C=O) groups excluding carboxylic acids is 1. The zero-order valence-electron chi connectivity index (χ0n) is 24.1. The quantitative estimate of drug-likeness (QED) is 0.272. The molecular weight excluding hydrogens is 488 g/mol. The van der Waals surface area contributed by atoms with Gasteiger partial charge >= 0.3 is 0 Å². The first-order valence-electron chi connectivity index (χ1n) is 13.9. The molecule has 2 aromatic heterocycles. The van der Waals surface area contributed by atoms with Gasteiger partial charge in [0.25, 0.3) is 0 Å². The Morgan fingerprint density at radius 3 is 2.26 bits per heavy atom. The van der Waals surface area contributed by atoms with Crippen LogP contribution in [0.25, 0.3) is 22.3 Å². The van der Waals surface area contributed by atoms with E-state index in [0.29, 0.717) is 35.6 Å². The average Bonchev–Trinajstić information content (AvgIpc) is 3.42. The maximum atomic E-state index is 12.2. The second kappa shape index (κ2) is 15.9. The summed E-state index contributed by atoms with van der Waals surface area (Å²) in [6, 6.07) is 17.3. The van der Waals surface area contributed by atoms with Crippen molar-refractivity contribution >= 4 is 22.8 Å². The van der Waals surface area contributed by atoms with Gasteiger partial charge in [-0.2, -0.15) is 5.10 Å². The van der Waals surface area contributed by atoms with E-state index in [2.05, 4.69) is 16.5 Å². The highest BCUT2D eigenvalue weighted by molar-refractivity contribution is 5.98. The van der Waals surface area contributed by atoms with E-state index < -0.39 is 0 Å². The van der Waals surface area contributed by atoms with Crippen molar-refractivity contribution < 1.29 is 9.53 Å². The van der Waals surface area contributed by atoms with E-state index in [9.17, 15) is 4.79 Å². The van der Waals surface area contributed by atoms with Gasteiger partial charge in [-0.15, -0.1) is 0 Å². The second-order valence-electron chi connectivity index (χ2n) is 7.97. The second-order valence-corrected chi connectivity index (χ2v) is 7.97. The first kappa shape index (κ1) is 31.0. The van der Waals surface area contributed by atoms with E-state index in [-0.39, 0.29) is 11.9 Å².